The molecule has 7 heteroatoms. The van der Waals surface area contributed by atoms with Crippen molar-refractivity contribution in [1.29, 1.82) is 5.26 Å². The third-order valence-corrected chi connectivity index (χ3v) is 4.04. The van der Waals surface area contributed by atoms with Crippen molar-refractivity contribution in [3.63, 3.8) is 0 Å². The van der Waals surface area contributed by atoms with Crippen LogP contribution in [0.5, 0.6) is 0 Å². The summed E-state index contributed by atoms with van der Waals surface area (Å²) >= 11 is 1.24. The number of amides is 1. The fourth-order valence-electron chi connectivity index (χ4n) is 2.27. The molecular formula is C16H18N4O2S. The lowest BCUT2D eigenvalue weighted by molar-refractivity contribution is -0.112. The predicted molar refractivity (Wildman–Crippen MR) is 90.1 cm³/mol. The number of methoxy groups -OCH3 is 1. The number of nitriles is 1. The summed E-state index contributed by atoms with van der Waals surface area (Å²) in [6, 6.07) is 5.60. The zero-order chi connectivity index (χ0) is 16.8. The number of ether oxygens (including phenoxy) is 1. The van der Waals surface area contributed by atoms with Crippen LogP contribution in [0, 0.1) is 25.2 Å². The smallest absolute Gasteiger partial charge is 0.267 e. The third-order valence-electron chi connectivity index (χ3n) is 3.48. The zero-order valence-electron chi connectivity index (χ0n) is 13.3. The zero-order valence-corrected chi connectivity index (χ0v) is 14.1. The van der Waals surface area contributed by atoms with Crippen molar-refractivity contribution in [2.45, 2.75) is 20.4 Å². The number of hydrogen-bond donors (Lipinski definition) is 1. The van der Waals surface area contributed by atoms with Crippen LogP contribution in [0.2, 0.25) is 0 Å². The van der Waals surface area contributed by atoms with Crippen LogP contribution in [0.3, 0.4) is 0 Å². The number of carbonyl (C=O) groups excluding carboxylic acids is 1. The number of aromatic nitrogens is 2. The second kappa shape index (κ2) is 7.72. The van der Waals surface area contributed by atoms with E-state index in [-0.39, 0.29) is 5.57 Å². The van der Waals surface area contributed by atoms with E-state index < -0.39 is 5.91 Å². The standard InChI is InChI=1S/C16H18N4O2S/c1-11-8-13(12(2)20(11)5-6-22-3)9-14(10-17)16(21)18-15-4-7-23-19-15/h4,7-9H,5-6H2,1-3H3,(H,18,19,21)/b14-9+. The molecule has 1 amide bonds. The summed E-state index contributed by atoms with van der Waals surface area (Å²) in [7, 11) is 1.66. The van der Waals surface area contributed by atoms with Crippen molar-refractivity contribution in [3.05, 3.63) is 40.0 Å². The first-order valence-electron chi connectivity index (χ1n) is 7.06. The van der Waals surface area contributed by atoms with Crippen molar-refractivity contribution in [3.8, 4) is 6.07 Å². The Morgan fingerprint density at radius 1 is 1.57 bits per heavy atom. The topological polar surface area (TPSA) is 79.9 Å². The van der Waals surface area contributed by atoms with Crippen LogP contribution in [0.15, 0.2) is 23.1 Å². The monoisotopic (exact) mass is 330 g/mol. The van der Waals surface area contributed by atoms with Gasteiger partial charge in [0.05, 0.1) is 6.61 Å². The maximum Gasteiger partial charge on any atom is 0.267 e. The molecule has 0 atom stereocenters. The lowest BCUT2D eigenvalue weighted by atomic mass is 10.1. The first-order valence-corrected chi connectivity index (χ1v) is 7.89. The van der Waals surface area contributed by atoms with E-state index >= 15 is 0 Å². The maximum atomic E-state index is 12.2. The minimum atomic E-state index is -0.458. The van der Waals surface area contributed by atoms with E-state index in [1.54, 1.807) is 24.6 Å². The van der Waals surface area contributed by atoms with Crippen molar-refractivity contribution < 1.29 is 9.53 Å². The van der Waals surface area contributed by atoms with Gasteiger partial charge in [-0.25, -0.2) is 0 Å². The largest absolute Gasteiger partial charge is 0.383 e. The molecule has 0 saturated heterocycles. The number of anilines is 1. The highest BCUT2D eigenvalue weighted by Gasteiger charge is 2.13. The van der Waals surface area contributed by atoms with Gasteiger partial charge < -0.3 is 14.6 Å². The lowest BCUT2D eigenvalue weighted by Gasteiger charge is -2.08. The Bertz CT molecular complexity index is 754. The molecule has 23 heavy (non-hydrogen) atoms. The minimum Gasteiger partial charge on any atom is -0.383 e. The summed E-state index contributed by atoms with van der Waals surface area (Å²) in [5, 5.41) is 13.6. The molecule has 0 unspecified atom stereocenters. The van der Waals surface area contributed by atoms with Gasteiger partial charge in [0.15, 0.2) is 0 Å². The highest BCUT2D eigenvalue weighted by molar-refractivity contribution is 7.03. The molecule has 0 fully saturated rings. The molecule has 6 nitrogen and oxygen atoms in total. The predicted octanol–water partition coefficient (Wildman–Crippen LogP) is 2.75. The minimum absolute atomic E-state index is 0.0463. The molecule has 0 aliphatic heterocycles. The van der Waals surface area contributed by atoms with Gasteiger partial charge >= 0.3 is 0 Å². The summed E-state index contributed by atoms with van der Waals surface area (Å²) in [6.07, 6.45) is 1.60. The van der Waals surface area contributed by atoms with Crippen LogP contribution in [0.25, 0.3) is 6.08 Å². The van der Waals surface area contributed by atoms with E-state index in [4.69, 9.17) is 4.74 Å². The van der Waals surface area contributed by atoms with Gasteiger partial charge in [0.25, 0.3) is 5.91 Å². The van der Waals surface area contributed by atoms with Gasteiger partial charge in [-0.1, -0.05) is 0 Å². The highest BCUT2D eigenvalue weighted by atomic mass is 32.1. The van der Waals surface area contributed by atoms with Crippen LogP contribution < -0.4 is 5.32 Å². The van der Waals surface area contributed by atoms with Crippen LogP contribution >= 0.6 is 11.5 Å². The highest BCUT2D eigenvalue weighted by Crippen LogP contribution is 2.19. The van der Waals surface area contributed by atoms with Gasteiger partial charge in [0, 0.05) is 30.4 Å². The molecule has 0 bridgehead atoms. The number of aryl methyl sites for hydroxylation is 1. The van der Waals surface area contributed by atoms with Crippen LogP contribution in [-0.4, -0.2) is 28.6 Å². The number of nitrogens with one attached hydrogen (secondary N) is 1. The molecule has 2 aromatic rings. The third kappa shape index (κ3) is 4.06. The Kier molecular flexibility index (Phi) is 5.68. The van der Waals surface area contributed by atoms with Crippen LogP contribution in [0.4, 0.5) is 5.82 Å². The molecule has 0 saturated carbocycles. The van der Waals surface area contributed by atoms with E-state index in [0.717, 1.165) is 23.5 Å². The normalized spacial score (nSPS) is 11.3. The second-order valence-corrected chi connectivity index (χ2v) is 5.65. The average Bonchev–Trinajstić information content (AvgIpc) is 3.12. The number of carbonyl (C=O) groups is 1. The van der Waals surface area contributed by atoms with Gasteiger partial charge in [-0.15, -0.1) is 0 Å². The number of hydrogen-bond acceptors (Lipinski definition) is 5. The molecule has 0 aliphatic rings. The average molecular weight is 330 g/mol. The Balaban J connectivity index is 2.24. The summed E-state index contributed by atoms with van der Waals surface area (Å²) in [5.74, 6) is -0.00758. The quantitative estimate of drug-likeness (QED) is 0.652. The fraction of sp³-hybridized carbons (Fsp3) is 0.312. The molecule has 2 rings (SSSR count). The Labute approximate surface area is 139 Å². The van der Waals surface area contributed by atoms with E-state index in [9.17, 15) is 10.1 Å². The SMILES string of the molecule is COCCn1c(C)cc(/C=C(\C#N)C(=O)Nc2ccsn2)c1C. The van der Waals surface area contributed by atoms with Crippen molar-refractivity contribution in [2.75, 3.05) is 19.0 Å². The second-order valence-electron chi connectivity index (χ2n) is 4.98. The fourth-order valence-corrected chi connectivity index (χ4v) is 2.74. The summed E-state index contributed by atoms with van der Waals surface area (Å²) < 4.78 is 11.2. The van der Waals surface area contributed by atoms with E-state index in [1.807, 2.05) is 26.0 Å². The number of rotatable bonds is 6. The Hall–Kier alpha value is -2.43. The van der Waals surface area contributed by atoms with Gasteiger partial charge in [0.2, 0.25) is 0 Å². The van der Waals surface area contributed by atoms with Gasteiger partial charge in [-0.3, -0.25) is 4.79 Å². The molecule has 2 heterocycles. The summed E-state index contributed by atoms with van der Waals surface area (Å²) in [5.41, 5.74) is 2.95. The molecule has 0 spiro atoms. The van der Waals surface area contributed by atoms with Crippen molar-refractivity contribution in [1.82, 2.24) is 8.94 Å². The van der Waals surface area contributed by atoms with Gasteiger partial charge in [-0.05, 0) is 49.2 Å². The first kappa shape index (κ1) is 16.9. The molecule has 0 aliphatic carbocycles. The molecule has 0 radical (unpaired) electrons. The maximum absolute atomic E-state index is 12.2. The molecule has 1 N–H and O–H groups in total. The van der Waals surface area contributed by atoms with E-state index in [0.29, 0.717) is 12.4 Å². The molecular weight excluding hydrogens is 312 g/mol. The van der Waals surface area contributed by atoms with Crippen LogP contribution in [0.1, 0.15) is 17.0 Å². The molecule has 120 valence electrons. The van der Waals surface area contributed by atoms with Gasteiger partial charge in [0.1, 0.15) is 17.5 Å². The Morgan fingerprint density at radius 3 is 2.96 bits per heavy atom. The van der Waals surface area contributed by atoms with E-state index in [2.05, 4.69) is 14.3 Å². The van der Waals surface area contributed by atoms with Crippen molar-refractivity contribution in [2.24, 2.45) is 0 Å². The van der Waals surface area contributed by atoms with Crippen LogP contribution in [-0.2, 0) is 16.1 Å². The van der Waals surface area contributed by atoms with Gasteiger partial charge in [-0.2, -0.15) is 9.64 Å². The number of nitrogens with zero attached hydrogens (tertiary/aromatic N) is 3. The molecule has 0 aromatic carbocycles. The lowest BCUT2D eigenvalue weighted by Crippen LogP contribution is -2.13. The summed E-state index contributed by atoms with van der Waals surface area (Å²) in [4.78, 5) is 12.2. The Morgan fingerprint density at radius 2 is 2.35 bits per heavy atom. The van der Waals surface area contributed by atoms with E-state index in [1.165, 1.54) is 11.5 Å². The first-order chi connectivity index (χ1) is 11.1. The molecule has 2 aromatic heterocycles. The van der Waals surface area contributed by atoms with Crippen molar-refractivity contribution >= 4 is 29.3 Å². The summed E-state index contributed by atoms with van der Waals surface area (Å²) in [6.45, 7) is 5.28.